The van der Waals surface area contributed by atoms with Crippen LogP contribution in [-0.4, -0.2) is 24.1 Å². The second kappa shape index (κ2) is 7.62. The molecule has 120 valence electrons. The summed E-state index contributed by atoms with van der Waals surface area (Å²) < 4.78 is 10.6. The van der Waals surface area contributed by atoms with Crippen LogP contribution in [0.25, 0.3) is 0 Å². The van der Waals surface area contributed by atoms with E-state index in [-0.39, 0.29) is 11.7 Å². The summed E-state index contributed by atoms with van der Waals surface area (Å²) in [5.41, 5.74) is 0.200. The van der Waals surface area contributed by atoms with E-state index < -0.39 is 18.0 Å². The SMILES string of the molecule is C=C(C(=O)OC1CC(C)CCC1C(C)C)C(C)OC(C)=O. The Morgan fingerprint density at radius 3 is 2.33 bits per heavy atom. The Kier molecular flexibility index (Phi) is 6.43. The summed E-state index contributed by atoms with van der Waals surface area (Å²) in [4.78, 5) is 23.1. The molecule has 0 N–H and O–H groups in total. The molecule has 0 aromatic heterocycles. The quantitative estimate of drug-likeness (QED) is 0.575. The van der Waals surface area contributed by atoms with Gasteiger partial charge in [-0.3, -0.25) is 4.79 Å². The summed E-state index contributed by atoms with van der Waals surface area (Å²) in [5.74, 6) is 0.560. The highest BCUT2D eigenvalue weighted by molar-refractivity contribution is 5.89. The summed E-state index contributed by atoms with van der Waals surface area (Å²) >= 11 is 0. The van der Waals surface area contributed by atoms with Gasteiger partial charge in [0.2, 0.25) is 0 Å². The molecule has 21 heavy (non-hydrogen) atoms. The minimum Gasteiger partial charge on any atom is -0.459 e. The van der Waals surface area contributed by atoms with Gasteiger partial charge in [-0.05, 0) is 37.5 Å². The average Bonchev–Trinajstić information content (AvgIpc) is 2.36. The predicted octanol–water partition coefficient (Wildman–Crippen LogP) is 3.50. The van der Waals surface area contributed by atoms with E-state index >= 15 is 0 Å². The van der Waals surface area contributed by atoms with Gasteiger partial charge in [0, 0.05) is 6.92 Å². The van der Waals surface area contributed by atoms with Crippen molar-refractivity contribution < 1.29 is 19.1 Å². The third kappa shape index (κ3) is 5.18. The summed E-state index contributed by atoms with van der Waals surface area (Å²) in [5, 5.41) is 0. The van der Waals surface area contributed by atoms with Gasteiger partial charge in [0.1, 0.15) is 12.2 Å². The van der Waals surface area contributed by atoms with Crippen LogP contribution in [-0.2, 0) is 19.1 Å². The molecule has 4 unspecified atom stereocenters. The molecule has 0 aromatic carbocycles. The highest BCUT2D eigenvalue weighted by atomic mass is 16.6. The van der Waals surface area contributed by atoms with Gasteiger partial charge < -0.3 is 9.47 Å². The molecular weight excluding hydrogens is 268 g/mol. The fraction of sp³-hybridized carbons (Fsp3) is 0.765. The second-order valence-electron chi connectivity index (χ2n) is 6.55. The number of carbonyl (C=O) groups is 2. The number of ether oxygens (including phenoxy) is 2. The van der Waals surface area contributed by atoms with E-state index in [1.54, 1.807) is 6.92 Å². The number of hydrogen-bond acceptors (Lipinski definition) is 4. The van der Waals surface area contributed by atoms with Crippen LogP contribution in [0.4, 0.5) is 0 Å². The van der Waals surface area contributed by atoms with Crippen molar-refractivity contribution in [1.29, 1.82) is 0 Å². The maximum absolute atomic E-state index is 12.2. The zero-order chi connectivity index (χ0) is 16.2. The number of esters is 2. The van der Waals surface area contributed by atoms with E-state index in [1.165, 1.54) is 13.3 Å². The minimum absolute atomic E-state index is 0.0671. The summed E-state index contributed by atoms with van der Waals surface area (Å²) in [6, 6.07) is 0. The molecule has 4 atom stereocenters. The highest BCUT2D eigenvalue weighted by Crippen LogP contribution is 2.35. The molecule has 0 bridgehead atoms. The largest absolute Gasteiger partial charge is 0.459 e. The van der Waals surface area contributed by atoms with E-state index in [1.807, 2.05) is 0 Å². The Hall–Kier alpha value is -1.32. The minimum atomic E-state index is -0.645. The maximum Gasteiger partial charge on any atom is 0.337 e. The first kappa shape index (κ1) is 17.7. The Morgan fingerprint density at radius 1 is 1.19 bits per heavy atom. The van der Waals surface area contributed by atoms with Crippen LogP contribution in [0, 0.1) is 17.8 Å². The summed E-state index contributed by atoms with van der Waals surface area (Å²) in [6.07, 6.45) is 2.45. The fourth-order valence-electron chi connectivity index (χ4n) is 2.95. The average molecular weight is 296 g/mol. The van der Waals surface area contributed by atoms with Crippen molar-refractivity contribution in [2.75, 3.05) is 0 Å². The first-order chi connectivity index (χ1) is 9.72. The molecule has 4 nitrogen and oxygen atoms in total. The van der Waals surface area contributed by atoms with Crippen LogP contribution in [0.15, 0.2) is 12.2 Å². The monoisotopic (exact) mass is 296 g/mol. The van der Waals surface area contributed by atoms with Gasteiger partial charge in [0.05, 0.1) is 5.57 Å². The van der Waals surface area contributed by atoms with Crippen LogP contribution in [0.3, 0.4) is 0 Å². The normalized spacial score (nSPS) is 27.0. The molecule has 1 aliphatic rings. The number of rotatable bonds is 5. The van der Waals surface area contributed by atoms with Crippen molar-refractivity contribution in [1.82, 2.24) is 0 Å². The highest BCUT2D eigenvalue weighted by Gasteiger charge is 2.34. The van der Waals surface area contributed by atoms with E-state index in [0.29, 0.717) is 17.8 Å². The molecule has 0 radical (unpaired) electrons. The standard InChI is InChI=1S/C17H28O4/c1-10(2)15-8-7-11(3)9-16(15)21-17(19)12(4)13(5)20-14(6)18/h10-11,13,15-16H,4,7-9H2,1-3,5-6H3. The molecule has 1 saturated carbocycles. The van der Waals surface area contributed by atoms with Crippen molar-refractivity contribution in [3.63, 3.8) is 0 Å². The molecular formula is C17H28O4. The molecule has 4 heteroatoms. The Bertz CT molecular complexity index is 400. The van der Waals surface area contributed by atoms with Crippen molar-refractivity contribution in [3.05, 3.63) is 12.2 Å². The Labute approximate surface area is 127 Å². The lowest BCUT2D eigenvalue weighted by atomic mass is 9.75. The Balaban J connectivity index is 2.66. The predicted molar refractivity (Wildman–Crippen MR) is 81.6 cm³/mol. The number of hydrogen-bond donors (Lipinski definition) is 0. The molecule has 0 heterocycles. The first-order valence-electron chi connectivity index (χ1n) is 7.79. The topological polar surface area (TPSA) is 52.6 Å². The van der Waals surface area contributed by atoms with Crippen LogP contribution in [0.5, 0.6) is 0 Å². The lowest BCUT2D eigenvalue weighted by Crippen LogP contribution is -2.37. The van der Waals surface area contributed by atoms with Crippen molar-refractivity contribution >= 4 is 11.9 Å². The zero-order valence-electron chi connectivity index (χ0n) is 13.8. The van der Waals surface area contributed by atoms with Crippen LogP contribution in [0.1, 0.15) is 53.9 Å². The zero-order valence-corrected chi connectivity index (χ0v) is 13.8. The molecule has 1 rings (SSSR count). The Morgan fingerprint density at radius 2 is 1.81 bits per heavy atom. The van der Waals surface area contributed by atoms with Gasteiger partial charge >= 0.3 is 11.9 Å². The molecule has 0 saturated heterocycles. The van der Waals surface area contributed by atoms with Crippen molar-refractivity contribution in [3.8, 4) is 0 Å². The van der Waals surface area contributed by atoms with E-state index in [9.17, 15) is 9.59 Å². The maximum atomic E-state index is 12.2. The van der Waals surface area contributed by atoms with E-state index in [4.69, 9.17) is 9.47 Å². The van der Waals surface area contributed by atoms with Crippen LogP contribution < -0.4 is 0 Å². The molecule has 1 fully saturated rings. The molecule has 0 amide bonds. The smallest absolute Gasteiger partial charge is 0.337 e. The second-order valence-corrected chi connectivity index (χ2v) is 6.55. The third-order valence-corrected chi connectivity index (χ3v) is 4.32. The van der Waals surface area contributed by atoms with Gasteiger partial charge in [-0.25, -0.2) is 4.79 Å². The van der Waals surface area contributed by atoms with E-state index in [0.717, 1.165) is 12.8 Å². The van der Waals surface area contributed by atoms with E-state index in [2.05, 4.69) is 27.4 Å². The molecule has 0 aliphatic heterocycles. The molecule has 0 aromatic rings. The first-order valence-corrected chi connectivity index (χ1v) is 7.79. The fourth-order valence-corrected chi connectivity index (χ4v) is 2.95. The molecule has 1 aliphatic carbocycles. The van der Waals surface area contributed by atoms with Crippen molar-refractivity contribution in [2.24, 2.45) is 17.8 Å². The van der Waals surface area contributed by atoms with Gasteiger partial charge in [-0.2, -0.15) is 0 Å². The van der Waals surface area contributed by atoms with Gasteiger partial charge in [0.15, 0.2) is 0 Å². The third-order valence-electron chi connectivity index (χ3n) is 4.32. The van der Waals surface area contributed by atoms with Gasteiger partial charge in [-0.1, -0.05) is 33.8 Å². The lowest BCUT2D eigenvalue weighted by molar-refractivity contribution is -0.154. The van der Waals surface area contributed by atoms with Crippen LogP contribution in [0.2, 0.25) is 0 Å². The lowest BCUT2D eigenvalue weighted by Gasteiger charge is -2.37. The van der Waals surface area contributed by atoms with Gasteiger partial charge in [0.25, 0.3) is 0 Å². The summed E-state index contributed by atoms with van der Waals surface area (Å²) in [7, 11) is 0. The van der Waals surface area contributed by atoms with Crippen molar-refractivity contribution in [2.45, 2.75) is 66.1 Å². The molecule has 0 spiro atoms. The van der Waals surface area contributed by atoms with Gasteiger partial charge in [-0.15, -0.1) is 0 Å². The van der Waals surface area contributed by atoms with Crippen LogP contribution >= 0.6 is 0 Å². The summed E-state index contributed by atoms with van der Waals surface area (Å²) in [6.45, 7) is 13.2. The number of carbonyl (C=O) groups excluding carboxylic acids is 2.